The fraction of sp³-hybridized carbons (Fsp3) is 0.250. The summed E-state index contributed by atoms with van der Waals surface area (Å²) >= 11 is 3.51. The molecule has 0 unspecified atom stereocenters. The van der Waals surface area contributed by atoms with Crippen LogP contribution in [0, 0.1) is 6.92 Å². The molecule has 0 radical (unpaired) electrons. The van der Waals surface area contributed by atoms with E-state index in [0.29, 0.717) is 0 Å². The van der Waals surface area contributed by atoms with E-state index in [1.807, 2.05) is 25.1 Å². The van der Waals surface area contributed by atoms with Gasteiger partial charge in [0.25, 0.3) is 0 Å². The molecule has 0 saturated carbocycles. The van der Waals surface area contributed by atoms with Crippen LogP contribution in [0.2, 0.25) is 0 Å². The van der Waals surface area contributed by atoms with E-state index in [4.69, 9.17) is 5.84 Å². The number of hydrazine groups is 1. The number of anilines is 1. The van der Waals surface area contributed by atoms with Crippen LogP contribution in [0.25, 0.3) is 10.9 Å². The lowest BCUT2D eigenvalue weighted by Gasteiger charge is -2.14. The van der Waals surface area contributed by atoms with Gasteiger partial charge in [-0.25, -0.2) is 0 Å². The van der Waals surface area contributed by atoms with Crippen molar-refractivity contribution in [3.05, 3.63) is 33.9 Å². The van der Waals surface area contributed by atoms with Crippen LogP contribution in [-0.4, -0.2) is 4.98 Å². The van der Waals surface area contributed by atoms with Crippen molar-refractivity contribution in [1.82, 2.24) is 4.98 Å². The zero-order chi connectivity index (χ0) is 11.7. The van der Waals surface area contributed by atoms with Gasteiger partial charge >= 0.3 is 0 Å². The van der Waals surface area contributed by atoms with E-state index in [9.17, 15) is 0 Å². The average molecular weight is 280 g/mol. The van der Waals surface area contributed by atoms with Gasteiger partial charge < -0.3 is 5.43 Å². The smallest absolute Gasteiger partial charge is 0.0868 e. The molecule has 4 heteroatoms. The van der Waals surface area contributed by atoms with Crippen LogP contribution < -0.4 is 11.3 Å². The Hall–Kier alpha value is -1.13. The second kappa shape index (κ2) is 4.39. The SMILES string of the molecule is CCc1c(C)nc2c(Br)cccc2c1NN. The van der Waals surface area contributed by atoms with E-state index < -0.39 is 0 Å². The monoisotopic (exact) mass is 279 g/mol. The molecule has 2 rings (SSSR count). The van der Waals surface area contributed by atoms with E-state index in [2.05, 4.69) is 33.3 Å². The standard InChI is InChI=1S/C12H14BrN3/c1-3-8-7(2)15-12-9(11(8)16-14)5-4-6-10(12)13/h4-6H,3,14H2,1-2H3,(H,15,16). The minimum absolute atomic E-state index is 0.917. The van der Waals surface area contributed by atoms with Gasteiger partial charge in [-0.05, 0) is 40.9 Å². The minimum atomic E-state index is 0.917. The number of hydrogen-bond donors (Lipinski definition) is 2. The second-order valence-electron chi connectivity index (χ2n) is 3.68. The van der Waals surface area contributed by atoms with Crippen LogP contribution in [0.4, 0.5) is 5.69 Å². The Bertz CT molecular complexity index is 537. The van der Waals surface area contributed by atoms with E-state index in [0.717, 1.165) is 33.2 Å². The first-order valence-electron chi connectivity index (χ1n) is 5.23. The van der Waals surface area contributed by atoms with Gasteiger partial charge in [0.2, 0.25) is 0 Å². The molecule has 84 valence electrons. The number of para-hydroxylation sites is 1. The van der Waals surface area contributed by atoms with Crippen molar-refractivity contribution in [2.45, 2.75) is 20.3 Å². The number of nitrogens with zero attached hydrogens (tertiary/aromatic N) is 1. The summed E-state index contributed by atoms with van der Waals surface area (Å²) in [7, 11) is 0. The normalized spacial score (nSPS) is 10.8. The zero-order valence-electron chi connectivity index (χ0n) is 9.34. The van der Waals surface area contributed by atoms with Crippen molar-refractivity contribution >= 4 is 32.5 Å². The predicted molar refractivity (Wildman–Crippen MR) is 71.4 cm³/mol. The molecule has 0 fully saturated rings. The largest absolute Gasteiger partial charge is 0.323 e. The molecule has 1 aromatic carbocycles. The number of nitrogen functional groups attached to an aromatic ring is 1. The number of nitrogens with two attached hydrogens (primary N) is 1. The molecule has 0 amide bonds. The number of halogens is 1. The molecule has 0 bridgehead atoms. The Kier molecular flexibility index (Phi) is 3.12. The Morgan fingerprint density at radius 3 is 2.81 bits per heavy atom. The molecule has 0 aliphatic rings. The Morgan fingerprint density at radius 1 is 1.44 bits per heavy atom. The first kappa shape index (κ1) is 11.4. The highest BCUT2D eigenvalue weighted by Gasteiger charge is 2.11. The number of aryl methyl sites for hydroxylation is 1. The minimum Gasteiger partial charge on any atom is -0.323 e. The van der Waals surface area contributed by atoms with Crippen LogP contribution in [0.3, 0.4) is 0 Å². The number of fused-ring (bicyclic) bond motifs is 1. The summed E-state index contributed by atoms with van der Waals surface area (Å²) in [5.41, 5.74) is 6.92. The highest BCUT2D eigenvalue weighted by atomic mass is 79.9. The van der Waals surface area contributed by atoms with Crippen LogP contribution in [0.15, 0.2) is 22.7 Å². The van der Waals surface area contributed by atoms with Crippen molar-refractivity contribution in [3.8, 4) is 0 Å². The number of aromatic nitrogens is 1. The number of hydrogen-bond acceptors (Lipinski definition) is 3. The predicted octanol–water partition coefficient (Wildman–Crippen LogP) is 3.15. The lowest BCUT2D eigenvalue weighted by molar-refractivity contribution is 1.06. The fourth-order valence-corrected chi connectivity index (χ4v) is 2.46. The van der Waals surface area contributed by atoms with Crippen molar-refractivity contribution in [1.29, 1.82) is 0 Å². The maximum absolute atomic E-state index is 5.62. The second-order valence-corrected chi connectivity index (χ2v) is 4.54. The van der Waals surface area contributed by atoms with Crippen molar-refractivity contribution in [3.63, 3.8) is 0 Å². The van der Waals surface area contributed by atoms with Crippen molar-refractivity contribution in [2.75, 3.05) is 5.43 Å². The molecule has 3 N–H and O–H groups in total. The third-order valence-electron chi connectivity index (χ3n) is 2.77. The fourth-order valence-electron chi connectivity index (χ4n) is 2.01. The Labute approximate surface area is 103 Å². The molecule has 1 aromatic heterocycles. The highest BCUT2D eigenvalue weighted by molar-refractivity contribution is 9.10. The number of rotatable bonds is 2. The quantitative estimate of drug-likeness (QED) is 0.656. The van der Waals surface area contributed by atoms with Crippen molar-refractivity contribution in [2.24, 2.45) is 5.84 Å². The molecule has 2 aromatic rings. The molecular formula is C12H14BrN3. The van der Waals surface area contributed by atoms with E-state index in [1.54, 1.807) is 0 Å². The Morgan fingerprint density at radius 2 is 2.19 bits per heavy atom. The van der Waals surface area contributed by atoms with Gasteiger partial charge in [0.15, 0.2) is 0 Å². The van der Waals surface area contributed by atoms with Crippen LogP contribution in [0.1, 0.15) is 18.2 Å². The lowest BCUT2D eigenvalue weighted by Crippen LogP contribution is -2.11. The highest BCUT2D eigenvalue weighted by Crippen LogP contribution is 2.31. The van der Waals surface area contributed by atoms with Gasteiger partial charge in [-0.3, -0.25) is 10.8 Å². The molecule has 16 heavy (non-hydrogen) atoms. The number of pyridine rings is 1. The van der Waals surface area contributed by atoms with Gasteiger partial charge in [0, 0.05) is 15.6 Å². The average Bonchev–Trinajstić information content (AvgIpc) is 2.28. The Balaban J connectivity index is 2.90. The number of nitrogens with one attached hydrogen (secondary N) is 1. The number of benzene rings is 1. The first-order chi connectivity index (χ1) is 7.69. The van der Waals surface area contributed by atoms with Crippen LogP contribution in [0.5, 0.6) is 0 Å². The van der Waals surface area contributed by atoms with Gasteiger partial charge in [-0.1, -0.05) is 19.1 Å². The molecule has 1 heterocycles. The summed E-state index contributed by atoms with van der Waals surface area (Å²) < 4.78 is 0.993. The summed E-state index contributed by atoms with van der Waals surface area (Å²) in [5, 5.41) is 1.05. The summed E-state index contributed by atoms with van der Waals surface area (Å²) in [6, 6.07) is 6.01. The van der Waals surface area contributed by atoms with Gasteiger partial charge in [-0.15, -0.1) is 0 Å². The summed E-state index contributed by atoms with van der Waals surface area (Å²) in [4.78, 5) is 4.61. The lowest BCUT2D eigenvalue weighted by atomic mass is 10.0. The van der Waals surface area contributed by atoms with E-state index >= 15 is 0 Å². The van der Waals surface area contributed by atoms with E-state index in [-0.39, 0.29) is 0 Å². The maximum Gasteiger partial charge on any atom is 0.0868 e. The summed E-state index contributed by atoms with van der Waals surface area (Å²) in [6.07, 6.45) is 0.917. The third-order valence-corrected chi connectivity index (χ3v) is 3.41. The van der Waals surface area contributed by atoms with Crippen molar-refractivity contribution < 1.29 is 0 Å². The van der Waals surface area contributed by atoms with Gasteiger partial charge in [-0.2, -0.15) is 0 Å². The molecule has 0 aliphatic carbocycles. The van der Waals surface area contributed by atoms with Crippen LogP contribution in [-0.2, 0) is 6.42 Å². The molecular weight excluding hydrogens is 266 g/mol. The summed E-state index contributed by atoms with van der Waals surface area (Å²) in [6.45, 7) is 4.12. The molecule has 0 atom stereocenters. The molecule has 3 nitrogen and oxygen atoms in total. The van der Waals surface area contributed by atoms with Gasteiger partial charge in [0.05, 0.1) is 11.2 Å². The summed E-state index contributed by atoms with van der Waals surface area (Å²) in [5.74, 6) is 5.62. The van der Waals surface area contributed by atoms with E-state index in [1.165, 1.54) is 5.56 Å². The molecule has 0 saturated heterocycles. The van der Waals surface area contributed by atoms with Crippen LogP contribution >= 0.6 is 15.9 Å². The maximum atomic E-state index is 5.62. The van der Waals surface area contributed by atoms with Gasteiger partial charge in [0.1, 0.15) is 0 Å². The molecule has 0 spiro atoms. The molecule has 0 aliphatic heterocycles. The topological polar surface area (TPSA) is 50.9 Å². The first-order valence-corrected chi connectivity index (χ1v) is 6.02. The third kappa shape index (κ3) is 1.68. The zero-order valence-corrected chi connectivity index (χ0v) is 10.9.